The molecule has 0 aromatic carbocycles. The second-order valence-electron chi connectivity index (χ2n) is 5.33. The Labute approximate surface area is 113 Å². The van der Waals surface area contributed by atoms with Crippen molar-refractivity contribution in [2.75, 3.05) is 13.1 Å². The third kappa shape index (κ3) is 4.38. The van der Waals surface area contributed by atoms with Crippen molar-refractivity contribution in [2.24, 2.45) is 17.6 Å². The first-order chi connectivity index (χ1) is 8.43. The summed E-state index contributed by atoms with van der Waals surface area (Å²) in [6, 6.07) is 0. The molecule has 0 bridgehead atoms. The van der Waals surface area contributed by atoms with E-state index in [4.69, 9.17) is 5.73 Å². The van der Waals surface area contributed by atoms with Crippen LogP contribution in [-0.4, -0.2) is 28.9 Å². The lowest BCUT2D eigenvalue weighted by Gasteiger charge is -2.25. The van der Waals surface area contributed by atoms with E-state index in [1.165, 1.54) is 11.3 Å². The van der Waals surface area contributed by atoms with Crippen LogP contribution in [0.2, 0.25) is 0 Å². The normalized spacial score (nSPS) is 11.3. The number of carbonyl (C=O) groups is 1. The van der Waals surface area contributed by atoms with Gasteiger partial charge in [0.1, 0.15) is 10.7 Å². The highest BCUT2D eigenvalue weighted by molar-refractivity contribution is 7.09. The molecule has 0 aliphatic rings. The number of thiazole rings is 1. The predicted octanol–water partition coefficient (Wildman–Crippen LogP) is 2.36. The predicted molar refractivity (Wildman–Crippen MR) is 75.6 cm³/mol. The number of aromatic nitrogens is 1. The largest absolute Gasteiger partial charge is 0.337 e. The van der Waals surface area contributed by atoms with Gasteiger partial charge < -0.3 is 10.6 Å². The Kier molecular flexibility index (Phi) is 5.75. The number of rotatable bonds is 6. The van der Waals surface area contributed by atoms with E-state index in [0.717, 1.165) is 18.1 Å². The molecule has 102 valence electrons. The highest BCUT2D eigenvalue weighted by Gasteiger charge is 2.20. The molecule has 1 rings (SSSR count). The SMILES string of the molecule is CC(C)CN(CC(C)C)C(=O)c1csc(CN)n1. The molecule has 0 saturated carbocycles. The number of nitrogens with zero attached hydrogens (tertiary/aromatic N) is 2. The number of nitrogens with two attached hydrogens (primary N) is 1. The lowest BCUT2D eigenvalue weighted by molar-refractivity contribution is 0.0710. The second-order valence-corrected chi connectivity index (χ2v) is 6.27. The maximum absolute atomic E-state index is 12.4. The van der Waals surface area contributed by atoms with E-state index in [1.54, 1.807) is 5.38 Å². The van der Waals surface area contributed by atoms with Crippen molar-refractivity contribution in [2.45, 2.75) is 34.2 Å². The molecule has 0 atom stereocenters. The monoisotopic (exact) mass is 269 g/mol. The Balaban J connectivity index is 2.80. The summed E-state index contributed by atoms with van der Waals surface area (Å²) in [5, 5.41) is 2.62. The number of amides is 1. The molecular formula is C13H23N3OS. The molecule has 18 heavy (non-hydrogen) atoms. The van der Waals surface area contributed by atoms with Crippen molar-refractivity contribution in [1.29, 1.82) is 0 Å². The van der Waals surface area contributed by atoms with Crippen LogP contribution in [-0.2, 0) is 6.54 Å². The first-order valence-corrected chi connectivity index (χ1v) is 7.25. The standard InChI is InChI=1S/C13H23N3OS/c1-9(2)6-16(7-10(3)4)13(17)11-8-18-12(5-14)15-11/h8-10H,5-7,14H2,1-4H3. The molecule has 0 aliphatic heterocycles. The molecule has 1 aromatic rings. The summed E-state index contributed by atoms with van der Waals surface area (Å²) in [6.07, 6.45) is 0. The molecule has 0 unspecified atom stereocenters. The summed E-state index contributed by atoms with van der Waals surface area (Å²) in [4.78, 5) is 18.5. The van der Waals surface area contributed by atoms with Gasteiger partial charge in [0, 0.05) is 25.0 Å². The molecule has 5 heteroatoms. The van der Waals surface area contributed by atoms with Gasteiger partial charge >= 0.3 is 0 Å². The molecule has 0 aliphatic carbocycles. The Hall–Kier alpha value is -0.940. The third-order valence-electron chi connectivity index (χ3n) is 2.40. The van der Waals surface area contributed by atoms with E-state index in [2.05, 4.69) is 32.7 Å². The summed E-state index contributed by atoms with van der Waals surface area (Å²) in [6.45, 7) is 10.4. The zero-order valence-corrected chi connectivity index (χ0v) is 12.5. The lowest BCUT2D eigenvalue weighted by Crippen LogP contribution is -2.37. The second kappa shape index (κ2) is 6.85. The molecular weight excluding hydrogens is 246 g/mol. The minimum atomic E-state index is 0.0216. The fourth-order valence-corrected chi connectivity index (χ4v) is 2.44. The van der Waals surface area contributed by atoms with Crippen LogP contribution in [0.25, 0.3) is 0 Å². The molecule has 0 saturated heterocycles. The van der Waals surface area contributed by atoms with Gasteiger partial charge in [-0.2, -0.15) is 0 Å². The Bertz CT molecular complexity index is 377. The van der Waals surface area contributed by atoms with E-state index < -0.39 is 0 Å². The Morgan fingerprint density at radius 3 is 2.28 bits per heavy atom. The van der Waals surface area contributed by atoms with E-state index in [1.807, 2.05) is 4.90 Å². The van der Waals surface area contributed by atoms with Crippen LogP contribution in [0.15, 0.2) is 5.38 Å². The molecule has 0 radical (unpaired) electrons. The average Bonchev–Trinajstić information content (AvgIpc) is 2.74. The van der Waals surface area contributed by atoms with Crippen LogP contribution in [0, 0.1) is 11.8 Å². The van der Waals surface area contributed by atoms with Crippen molar-refractivity contribution in [3.63, 3.8) is 0 Å². The van der Waals surface area contributed by atoms with Gasteiger partial charge in [0.15, 0.2) is 0 Å². The molecule has 2 N–H and O–H groups in total. The van der Waals surface area contributed by atoms with Gasteiger partial charge in [0.2, 0.25) is 0 Å². The van der Waals surface area contributed by atoms with E-state index >= 15 is 0 Å². The summed E-state index contributed by atoms with van der Waals surface area (Å²) >= 11 is 1.45. The van der Waals surface area contributed by atoms with Crippen LogP contribution in [0.3, 0.4) is 0 Å². The maximum atomic E-state index is 12.4. The number of carbonyl (C=O) groups excluding carboxylic acids is 1. The molecule has 1 aromatic heterocycles. The molecule has 1 amide bonds. The average molecular weight is 269 g/mol. The zero-order valence-electron chi connectivity index (χ0n) is 11.6. The van der Waals surface area contributed by atoms with Crippen molar-refractivity contribution in [3.05, 3.63) is 16.1 Å². The molecule has 0 spiro atoms. The summed E-state index contributed by atoms with van der Waals surface area (Å²) < 4.78 is 0. The summed E-state index contributed by atoms with van der Waals surface area (Å²) in [7, 11) is 0. The van der Waals surface area contributed by atoms with E-state index in [-0.39, 0.29) is 5.91 Å². The van der Waals surface area contributed by atoms with E-state index in [0.29, 0.717) is 24.1 Å². The number of hydrogen-bond donors (Lipinski definition) is 1. The fraction of sp³-hybridized carbons (Fsp3) is 0.692. The fourth-order valence-electron chi connectivity index (χ4n) is 1.79. The van der Waals surface area contributed by atoms with Crippen LogP contribution in [0.1, 0.15) is 43.2 Å². The highest BCUT2D eigenvalue weighted by atomic mass is 32.1. The van der Waals surface area contributed by atoms with E-state index in [9.17, 15) is 4.79 Å². The van der Waals surface area contributed by atoms with Gasteiger partial charge in [0.05, 0.1) is 0 Å². The summed E-state index contributed by atoms with van der Waals surface area (Å²) in [5.74, 6) is 0.939. The van der Waals surface area contributed by atoms with Crippen LogP contribution < -0.4 is 5.73 Å². The van der Waals surface area contributed by atoms with Crippen molar-refractivity contribution >= 4 is 17.2 Å². The van der Waals surface area contributed by atoms with Gasteiger partial charge in [-0.15, -0.1) is 11.3 Å². The van der Waals surface area contributed by atoms with Crippen molar-refractivity contribution in [1.82, 2.24) is 9.88 Å². The first-order valence-electron chi connectivity index (χ1n) is 6.37. The van der Waals surface area contributed by atoms with Gasteiger partial charge in [-0.05, 0) is 11.8 Å². The van der Waals surface area contributed by atoms with Crippen LogP contribution in [0.5, 0.6) is 0 Å². The summed E-state index contributed by atoms with van der Waals surface area (Å²) in [5.41, 5.74) is 6.05. The minimum absolute atomic E-state index is 0.0216. The lowest BCUT2D eigenvalue weighted by atomic mass is 10.1. The van der Waals surface area contributed by atoms with Crippen LogP contribution >= 0.6 is 11.3 Å². The highest BCUT2D eigenvalue weighted by Crippen LogP contribution is 2.13. The van der Waals surface area contributed by atoms with Gasteiger partial charge in [-0.25, -0.2) is 4.98 Å². The molecule has 1 heterocycles. The van der Waals surface area contributed by atoms with Gasteiger partial charge in [0.25, 0.3) is 5.91 Å². The third-order valence-corrected chi connectivity index (χ3v) is 3.27. The molecule has 4 nitrogen and oxygen atoms in total. The molecule has 0 fully saturated rings. The maximum Gasteiger partial charge on any atom is 0.273 e. The first kappa shape index (κ1) is 15.1. The Morgan fingerprint density at radius 1 is 1.33 bits per heavy atom. The minimum Gasteiger partial charge on any atom is -0.337 e. The zero-order chi connectivity index (χ0) is 13.7. The van der Waals surface area contributed by atoms with Crippen LogP contribution in [0.4, 0.5) is 0 Å². The van der Waals surface area contributed by atoms with Crippen molar-refractivity contribution in [3.8, 4) is 0 Å². The van der Waals surface area contributed by atoms with Gasteiger partial charge in [-0.1, -0.05) is 27.7 Å². The van der Waals surface area contributed by atoms with Gasteiger partial charge in [-0.3, -0.25) is 4.79 Å². The number of hydrogen-bond acceptors (Lipinski definition) is 4. The smallest absolute Gasteiger partial charge is 0.273 e. The van der Waals surface area contributed by atoms with Crippen molar-refractivity contribution < 1.29 is 4.79 Å². The topological polar surface area (TPSA) is 59.2 Å². The quantitative estimate of drug-likeness (QED) is 0.862. The Morgan fingerprint density at radius 2 is 1.89 bits per heavy atom.